The SMILES string of the molecule is C=CCN(CC=C)C(CNC(=NC)NCCCOCC1CCOC1)C(C)C. The third-order valence-electron chi connectivity index (χ3n) is 4.80. The zero-order valence-electron chi connectivity index (χ0n) is 17.6. The molecule has 0 aromatic heterocycles. The van der Waals surface area contributed by atoms with Crippen LogP contribution in [0.3, 0.4) is 0 Å². The molecule has 0 saturated carbocycles. The van der Waals surface area contributed by atoms with Crippen molar-refractivity contribution in [2.45, 2.75) is 32.7 Å². The topological polar surface area (TPSA) is 58.1 Å². The molecule has 2 N–H and O–H groups in total. The minimum atomic E-state index is 0.386. The molecule has 0 spiro atoms. The van der Waals surface area contributed by atoms with Crippen molar-refractivity contribution in [2.75, 3.05) is 59.7 Å². The van der Waals surface area contributed by atoms with Gasteiger partial charge in [-0.05, 0) is 18.8 Å². The van der Waals surface area contributed by atoms with E-state index in [-0.39, 0.29) is 0 Å². The highest BCUT2D eigenvalue weighted by Gasteiger charge is 2.20. The molecule has 0 aromatic carbocycles. The number of aliphatic imine (C=N–C) groups is 1. The molecule has 0 radical (unpaired) electrons. The van der Waals surface area contributed by atoms with E-state index >= 15 is 0 Å². The summed E-state index contributed by atoms with van der Waals surface area (Å²) in [6.07, 6.45) is 5.98. The van der Waals surface area contributed by atoms with Gasteiger partial charge in [-0.15, -0.1) is 13.2 Å². The fourth-order valence-electron chi connectivity index (χ4n) is 3.23. The molecule has 0 bridgehead atoms. The van der Waals surface area contributed by atoms with Gasteiger partial charge >= 0.3 is 0 Å². The van der Waals surface area contributed by atoms with E-state index in [0.29, 0.717) is 17.9 Å². The standard InChI is InChI=1S/C21H40N4O2/c1-6-11-25(12-7-2)20(18(3)4)15-24-21(22-5)23-10-8-13-26-16-19-9-14-27-17-19/h6-7,18-20H,1-2,8-17H2,3-5H3,(H2,22,23,24). The molecule has 1 saturated heterocycles. The van der Waals surface area contributed by atoms with E-state index in [0.717, 1.165) is 71.4 Å². The second-order valence-corrected chi connectivity index (χ2v) is 7.38. The quantitative estimate of drug-likeness (QED) is 0.210. The minimum Gasteiger partial charge on any atom is -0.381 e. The van der Waals surface area contributed by atoms with Crippen LogP contribution >= 0.6 is 0 Å². The van der Waals surface area contributed by atoms with Gasteiger partial charge in [-0.2, -0.15) is 0 Å². The molecule has 1 aliphatic rings. The molecule has 0 aromatic rings. The van der Waals surface area contributed by atoms with Crippen LogP contribution in [0.4, 0.5) is 0 Å². The zero-order valence-corrected chi connectivity index (χ0v) is 17.6. The van der Waals surface area contributed by atoms with Crippen molar-refractivity contribution in [1.29, 1.82) is 0 Å². The summed E-state index contributed by atoms with van der Waals surface area (Å²) in [6, 6.07) is 0.386. The number of hydrogen-bond acceptors (Lipinski definition) is 4. The molecule has 6 heteroatoms. The Bertz CT molecular complexity index is 424. The van der Waals surface area contributed by atoms with Gasteiger partial charge in [-0.25, -0.2) is 0 Å². The Labute approximate surface area is 166 Å². The number of guanidine groups is 1. The van der Waals surface area contributed by atoms with E-state index in [1.807, 2.05) is 19.2 Å². The first-order chi connectivity index (χ1) is 13.1. The average molecular weight is 381 g/mol. The maximum Gasteiger partial charge on any atom is 0.191 e. The first-order valence-corrected chi connectivity index (χ1v) is 10.2. The lowest BCUT2D eigenvalue weighted by Crippen LogP contribution is -2.49. The summed E-state index contributed by atoms with van der Waals surface area (Å²) in [5.74, 6) is 1.93. The maximum atomic E-state index is 5.74. The Morgan fingerprint density at radius 2 is 2.04 bits per heavy atom. The van der Waals surface area contributed by atoms with Crippen LogP contribution in [-0.2, 0) is 9.47 Å². The summed E-state index contributed by atoms with van der Waals surface area (Å²) in [6.45, 7) is 18.9. The van der Waals surface area contributed by atoms with Gasteiger partial charge in [0.15, 0.2) is 5.96 Å². The molecule has 1 heterocycles. The zero-order chi connectivity index (χ0) is 19.9. The van der Waals surface area contributed by atoms with Crippen LogP contribution in [0.2, 0.25) is 0 Å². The van der Waals surface area contributed by atoms with Crippen LogP contribution in [0.25, 0.3) is 0 Å². The van der Waals surface area contributed by atoms with E-state index < -0.39 is 0 Å². The van der Waals surface area contributed by atoms with Gasteiger partial charge in [0.25, 0.3) is 0 Å². The van der Waals surface area contributed by atoms with Crippen molar-refractivity contribution in [2.24, 2.45) is 16.8 Å². The molecule has 0 aliphatic carbocycles. The minimum absolute atomic E-state index is 0.386. The molecule has 2 unspecified atom stereocenters. The Kier molecular flexibility index (Phi) is 12.9. The smallest absolute Gasteiger partial charge is 0.191 e. The van der Waals surface area contributed by atoms with Crippen LogP contribution in [0, 0.1) is 11.8 Å². The lowest BCUT2D eigenvalue weighted by molar-refractivity contribution is 0.0888. The Hall–Kier alpha value is -1.37. The highest BCUT2D eigenvalue weighted by molar-refractivity contribution is 5.79. The third-order valence-corrected chi connectivity index (χ3v) is 4.80. The Balaban J connectivity index is 2.27. The summed E-state index contributed by atoms with van der Waals surface area (Å²) in [4.78, 5) is 6.71. The lowest BCUT2D eigenvalue weighted by atomic mass is 10.0. The van der Waals surface area contributed by atoms with Crippen LogP contribution in [-0.4, -0.2) is 76.6 Å². The fourth-order valence-corrected chi connectivity index (χ4v) is 3.23. The van der Waals surface area contributed by atoms with Gasteiger partial charge in [0.05, 0.1) is 13.2 Å². The van der Waals surface area contributed by atoms with Crippen LogP contribution in [0.15, 0.2) is 30.3 Å². The predicted molar refractivity (Wildman–Crippen MR) is 114 cm³/mol. The van der Waals surface area contributed by atoms with Crippen molar-refractivity contribution in [3.05, 3.63) is 25.3 Å². The van der Waals surface area contributed by atoms with E-state index in [4.69, 9.17) is 9.47 Å². The predicted octanol–water partition coefficient (Wildman–Crippen LogP) is 2.29. The molecule has 6 nitrogen and oxygen atoms in total. The molecule has 0 amide bonds. The van der Waals surface area contributed by atoms with Gasteiger partial charge in [0, 0.05) is 58.4 Å². The monoisotopic (exact) mass is 380 g/mol. The lowest BCUT2D eigenvalue weighted by Gasteiger charge is -2.33. The second-order valence-electron chi connectivity index (χ2n) is 7.38. The molecule has 1 aliphatic heterocycles. The second kappa shape index (κ2) is 14.7. The van der Waals surface area contributed by atoms with Crippen LogP contribution in [0.1, 0.15) is 26.7 Å². The molecule has 27 heavy (non-hydrogen) atoms. The van der Waals surface area contributed by atoms with Gasteiger partial charge < -0.3 is 20.1 Å². The normalized spacial score (nSPS) is 18.7. The molecule has 1 fully saturated rings. The fraction of sp³-hybridized carbons (Fsp3) is 0.762. The van der Waals surface area contributed by atoms with Gasteiger partial charge in [-0.1, -0.05) is 26.0 Å². The Morgan fingerprint density at radius 3 is 2.59 bits per heavy atom. The van der Waals surface area contributed by atoms with Crippen molar-refractivity contribution in [3.63, 3.8) is 0 Å². The first kappa shape index (κ1) is 23.7. The Morgan fingerprint density at radius 1 is 1.30 bits per heavy atom. The maximum absolute atomic E-state index is 5.74. The summed E-state index contributed by atoms with van der Waals surface area (Å²) >= 11 is 0. The highest BCUT2D eigenvalue weighted by atomic mass is 16.5. The molecule has 2 atom stereocenters. The number of rotatable bonds is 14. The number of nitrogens with one attached hydrogen (secondary N) is 2. The average Bonchev–Trinajstić information content (AvgIpc) is 3.16. The summed E-state index contributed by atoms with van der Waals surface area (Å²) in [5.41, 5.74) is 0. The van der Waals surface area contributed by atoms with Gasteiger partial charge in [0.1, 0.15) is 0 Å². The van der Waals surface area contributed by atoms with Crippen molar-refractivity contribution < 1.29 is 9.47 Å². The summed E-state index contributed by atoms with van der Waals surface area (Å²) in [7, 11) is 1.81. The molecule has 156 valence electrons. The van der Waals surface area contributed by atoms with Crippen molar-refractivity contribution >= 4 is 5.96 Å². The molecular weight excluding hydrogens is 340 g/mol. The van der Waals surface area contributed by atoms with E-state index in [9.17, 15) is 0 Å². The number of nitrogens with zero attached hydrogens (tertiary/aromatic N) is 2. The van der Waals surface area contributed by atoms with Gasteiger partial charge in [0.2, 0.25) is 0 Å². The van der Waals surface area contributed by atoms with Crippen LogP contribution < -0.4 is 10.6 Å². The molecular formula is C21H40N4O2. The van der Waals surface area contributed by atoms with E-state index in [2.05, 4.69) is 47.5 Å². The van der Waals surface area contributed by atoms with E-state index in [1.165, 1.54) is 0 Å². The molecule has 1 rings (SSSR count). The third kappa shape index (κ3) is 9.94. The van der Waals surface area contributed by atoms with Gasteiger partial charge in [-0.3, -0.25) is 9.89 Å². The first-order valence-electron chi connectivity index (χ1n) is 10.2. The largest absolute Gasteiger partial charge is 0.381 e. The van der Waals surface area contributed by atoms with Crippen molar-refractivity contribution in [3.8, 4) is 0 Å². The van der Waals surface area contributed by atoms with Crippen molar-refractivity contribution in [1.82, 2.24) is 15.5 Å². The summed E-state index contributed by atoms with van der Waals surface area (Å²) in [5, 5.41) is 6.83. The highest BCUT2D eigenvalue weighted by Crippen LogP contribution is 2.12. The van der Waals surface area contributed by atoms with E-state index in [1.54, 1.807) is 0 Å². The van der Waals surface area contributed by atoms with Crippen LogP contribution in [0.5, 0.6) is 0 Å². The summed E-state index contributed by atoms with van der Waals surface area (Å²) < 4.78 is 11.1. The number of ether oxygens (including phenoxy) is 2. The number of hydrogen-bond donors (Lipinski definition) is 2.